The van der Waals surface area contributed by atoms with E-state index in [0.717, 1.165) is 22.4 Å². The van der Waals surface area contributed by atoms with Gasteiger partial charge < -0.3 is 10.0 Å². The summed E-state index contributed by atoms with van der Waals surface area (Å²) in [6, 6.07) is 24.5. The van der Waals surface area contributed by atoms with Gasteiger partial charge in [-0.15, -0.1) is 0 Å². The first kappa shape index (κ1) is 23.7. The normalized spacial score (nSPS) is 16.7. The van der Waals surface area contributed by atoms with Crippen LogP contribution < -0.4 is 10.2 Å². The number of para-hydroxylation sites is 1. The number of aliphatic carboxylic acids is 1. The summed E-state index contributed by atoms with van der Waals surface area (Å²) >= 11 is 0. The summed E-state index contributed by atoms with van der Waals surface area (Å²) in [6.07, 6.45) is 1.58. The van der Waals surface area contributed by atoms with Gasteiger partial charge in [-0.1, -0.05) is 86.6 Å². The first-order valence-corrected chi connectivity index (χ1v) is 11.9. The van der Waals surface area contributed by atoms with E-state index in [1.807, 2.05) is 53.4 Å². The van der Waals surface area contributed by atoms with Crippen molar-refractivity contribution in [3.63, 3.8) is 0 Å². The van der Waals surface area contributed by atoms with Gasteiger partial charge in [-0.25, -0.2) is 0 Å². The Balaban J connectivity index is 1.59. The summed E-state index contributed by atoms with van der Waals surface area (Å²) < 4.78 is 0. The molecule has 0 aromatic heterocycles. The monoisotopic (exact) mass is 456 g/mol. The van der Waals surface area contributed by atoms with Crippen LogP contribution >= 0.6 is 0 Å². The predicted molar refractivity (Wildman–Crippen MR) is 135 cm³/mol. The van der Waals surface area contributed by atoms with Crippen molar-refractivity contribution in [2.24, 2.45) is 0 Å². The summed E-state index contributed by atoms with van der Waals surface area (Å²) in [7, 11) is 0. The predicted octanol–water partition coefficient (Wildman–Crippen LogP) is 4.94. The molecule has 1 aliphatic heterocycles. The molecular formula is C29H32N2O3. The second-order valence-electron chi connectivity index (χ2n) is 9.29. The van der Waals surface area contributed by atoms with Crippen molar-refractivity contribution in [3.05, 3.63) is 101 Å². The fraction of sp³-hybridized carbons (Fsp3) is 0.310. The van der Waals surface area contributed by atoms with Gasteiger partial charge >= 0.3 is 5.97 Å². The molecule has 0 bridgehead atoms. The van der Waals surface area contributed by atoms with Crippen molar-refractivity contribution in [2.75, 3.05) is 4.90 Å². The van der Waals surface area contributed by atoms with Gasteiger partial charge in [0.15, 0.2) is 0 Å². The maximum atomic E-state index is 13.8. The molecule has 0 fully saturated rings. The Morgan fingerprint density at radius 3 is 2.32 bits per heavy atom. The van der Waals surface area contributed by atoms with E-state index in [0.29, 0.717) is 31.7 Å². The van der Waals surface area contributed by atoms with Gasteiger partial charge in [-0.05, 0) is 53.5 Å². The zero-order chi connectivity index (χ0) is 24.1. The topological polar surface area (TPSA) is 69.6 Å². The summed E-state index contributed by atoms with van der Waals surface area (Å²) in [4.78, 5) is 27.6. The van der Waals surface area contributed by atoms with Gasteiger partial charge in [0.25, 0.3) is 0 Å². The van der Waals surface area contributed by atoms with Crippen LogP contribution in [0.15, 0.2) is 78.9 Å². The van der Waals surface area contributed by atoms with Gasteiger partial charge in [0.2, 0.25) is 5.91 Å². The van der Waals surface area contributed by atoms with E-state index in [2.05, 4.69) is 49.5 Å². The van der Waals surface area contributed by atoms with E-state index in [9.17, 15) is 14.7 Å². The molecule has 3 aromatic carbocycles. The summed E-state index contributed by atoms with van der Waals surface area (Å²) in [5.74, 6) is -0.591. The Kier molecular flexibility index (Phi) is 7.43. The highest BCUT2D eigenvalue weighted by Crippen LogP contribution is 2.29. The first-order valence-electron chi connectivity index (χ1n) is 11.9. The maximum absolute atomic E-state index is 13.8. The van der Waals surface area contributed by atoms with Gasteiger partial charge in [-0.3, -0.25) is 14.9 Å². The quantitative estimate of drug-likeness (QED) is 0.504. The molecule has 1 heterocycles. The van der Waals surface area contributed by atoms with E-state index < -0.39 is 18.1 Å². The van der Waals surface area contributed by atoms with Gasteiger partial charge in [0.1, 0.15) is 6.04 Å². The lowest BCUT2D eigenvalue weighted by molar-refractivity contribution is -0.139. The zero-order valence-corrected chi connectivity index (χ0v) is 19.8. The maximum Gasteiger partial charge on any atom is 0.321 e. The Hall–Kier alpha value is -3.44. The number of nitrogens with zero attached hydrogens (tertiary/aromatic N) is 1. The lowest BCUT2D eigenvalue weighted by Crippen LogP contribution is -2.52. The number of nitrogens with one attached hydrogen (secondary N) is 1. The van der Waals surface area contributed by atoms with Crippen LogP contribution in [0.2, 0.25) is 0 Å². The molecule has 176 valence electrons. The molecule has 1 aliphatic rings. The average Bonchev–Trinajstić information content (AvgIpc) is 2.97. The van der Waals surface area contributed by atoms with Crippen LogP contribution in [-0.2, 0) is 29.0 Å². The zero-order valence-electron chi connectivity index (χ0n) is 19.8. The molecule has 5 nitrogen and oxygen atoms in total. The number of fused-ring (bicyclic) bond motifs is 1. The molecule has 0 saturated carbocycles. The number of carboxylic acids is 1. The minimum atomic E-state index is -0.950. The van der Waals surface area contributed by atoms with E-state index in [1.165, 1.54) is 5.56 Å². The van der Waals surface area contributed by atoms with Gasteiger partial charge in [0, 0.05) is 5.69 Å². The lowest BCUT2D eigenvalue weighted by atomic mass is 10.0. The van der Waals surface area contributed by atoms with Gasteiger partial charge in [0.05, 0.1) is 12.6 Å². The number of anilines is 1. The fourth-order valence-corrected chi connectivity index (χ4v) is 4.53. The van der Waals surface area contributed by atoms with Crippen molar-refractivity contribution in [1.29, 1.82) is 0 Å². The number of carbonyl (C=O) groups is 2. The van der Waals surface area contributed by atoms with Crippen LogP contribution in [0.1, 0.15) is 48.4 Å². The Morgan fingerprint density at radius 2 is 1.65 bits per heavy atom. The minimum absolute atomic E-state index is 0.0859. The van der Waals surface area contributed by atoms with E-state index in [-0.39, 0.29) is 5.91 Å². The first-order chi connectivity index (χ1) is 16.4. The number of amides is 1. The number of carboxylic acid groups (broad SMARTS) is 1. The van der Waals surface area contributed by atoms with Crippen LogP contribution in [0.4, 0.5) is 5.69 Å². The number of rotatable bonds is 8. The number of benzene rings is 3. The SMILES string of the molecule is CC(C)c1ccc(CN2C(=O)C(N[C@@H](Cc3ccccc3)C(=O)O)CCc3ccccc32)cc1. The molecule has 0 saturated heterocycles. The van der Waals surface area contributed by atoms with Crippen LogP contribution in [0.3, 0.4) is 0 Å². The number of hydrogen-bond donors (Lipinski definition) is 2. The Labute approximate surface area is 201 Å². The molecule has 0 aliphatic carbocycles. The molecule has 2 atom stereocenters. The highest BCUT2D eigenvalue weighted by molar-refractivity contribution is 5.99. The third-order valence-electron chi connectivity index (χ3n) is 6.52. The molecule has 1 unspecified atom stereocenters. The summed E-state index contributed by atoms with van der Waals surface area (Å²) in [5, 5.41) is 13.1. The largest absolute Gasteiger partial charge is 0.480 e. The molecule has 34 heavy (non-hydrogen) atoms. The number of aryl methyl sites for hydroxylation is 1. The number of carbonyl (C=O) groups excluding carboxylic acids is 1. The van der Waals surface area contributed by atoms with Crippen molar-refractivity contribution in [3.8, 4) is 0 Å². The molecule has 2 N–H and O–H groups in total. The van der Waals surface area contributed by atoms with Crippen molar-refractivity contribution < 1.29 is 14.7 Å². The standard InChI is InChI=1S/C29H32N2O3/c1-20(2)23-14-12-22(13-15-23)19-31-27-11-7-6-10-24(27)16-17-25(28(31)32)30-26(29(33)34)18-21-8-4-3-5-9-21/h3-15,20,25-26,30H,16-19H2,1-2H3,(H,33,34)/t25?,26-/m0/s1. The Morgan fingerprint density at radius 1 is 0.971 bits per heavy atom. The highest BCUT2D eigenvalue weighted by atomic mass is 16.4. The van der Waals surface area contributed by atoms with Crippen LogP contribution in [-0.4, -0.2) is 29.1 Å². The molecule has 0 radical (unpaired) electrons. The van der Waals surface area contributed by atoms with Crippen molar-refractivity contribution in [1.82, 2.24) is 5.32 Å². The minimum Gasteiger partial charge on any atom is -0.480 e. The molecule has 4 rings (SSSR count). The van der Waals surface area contributed by atoms with E-state index in [1.54, 1.807) is 0 Å². The molecule has 3 aromatic rings. The summed E-state index contributed by atoms with van der Waals surface area (Å²) in [5.41, 5.74) is 5.24. The van der Waals surface area contributed by atoms with Crippen molar-refractivity contribution in [2.45, 2.75) is 57.7 Å². The second-order valence-corrected chi connectivity index (χ2v) is 9.29. The van der Waals surface area contributed by atoms with Gasteiger partial charge in [-0.2, -0.15) is 0 Å². The second kappa shape index (κ2) is 10.7. The average molecular weight is 457 g/mol. The summed E-state index contributed by atoms with van der Waals surface area (Å²) in [6.45, 7) is 4.77. The number of hydrogen-bond acceptors (Lipinski definition) is 3. The van der Waals surface area contributed by atoms with Crippen LogP contribution in [0, 0.1) is 0 Å². The molecule has 1 amide bonds. The lowest BCUT2D eigenvalue weighted by Gasteiger charge is -2.28. The smallest absolute Gasteiger partial charge is 0.321 e. The van der Waals surface area contributed by atoms with Crippen LogP contribution in [0.5, 0.6) is 0 Å². The van der Waals surface area contributed by atoms with Crippen molar-refractivity contribution >= 4 is 17.6 Å². The Bertz CT molecular complexity index is 1130. The van der Waals surface area contributed by atoms with E-state index in [4.69, 9.17) is 0 Å². The third-order valence-corrected chi connectivity index (χ3v) is 6.52. The third kappa shape index (κ3) is 5.54. The highest BCUT2D eigenvalue weighted by Gasteiger charge is 2.33. The van der Waals surface area contributed by atoms with E-state index >= 15 is 0 Å². The molecule has 5 heteroatoms. The molecular weight excluding hydrogens is 424 g/mol. The van der Waals surface area contributed by atoms with Crippen LogP contribution in [0.25, 0.3) is 0 Å². The fourth-order valence-electron chi connectivity index (χ4n) is 4.53. The molecule has 0 spiro atoms.